The second kappa shape index (κ2) is 4.84. The molecule has 96 valence electrons. The van der Waals surface area contributed by atoms with Crippen LogP contribution >= 0.6 is 11.3 Å². The quantitative estimate of drug-likeness (QED) is 0.832. The zero-order chi connectivity index (χ0) is 12.5. The number of rotatable bonds is 2. The van der Waals surface area contributed by atoms with Crippen LogP contribution in [0.25, 0.3) is 10.2 Å². The Bertz CT molecular complexity index is 593. The predicted octanol–water partition coefficient (Wildman–Crippen LogP) is 3.28. The highest BCUT2D eigenvalue weighted by molar-refractivity contribution is 7.17. The van der Waals surface area contributed by atoms with Gasteiger partial charge < -0.3 is 4.57 Å². The normalized spacial score (nSPS) is 24.5. The summed E-state index contributed by atoms with van der Waals surface area (Å²) in [6, 6.07) is 2.04. The van der Waals surface area contributed by atoms with Gasteiger partial charge in [-0.3, -0.25) is 4.79 Å². The van der Waals surface area contributed by atoms with Crippen LogP contribution in [0.4, 0.5) is 0 Å². The molecule has 2 aromatic heterocycles. The summed E-state index contributed by atoms with van der Waals surface area (Å²) in [5.41, 5.74) is 0.965. The van der Waals surface area contributed by atoms with Crippen molar-refractivity contribution in [1.82, 2.24) is 9.55 Å². The van der Waals surface area contributed by atoms with Gasteiger partial charge in [0.25, 0.3) is 5.56 Å². The van der Waals surface area contributed by atoms with E-state index < -0.39 is 0 Å². The van der Waals surface area contributed by atoms with Gasteiger partial charge in [0.2, 0.25) is 0 Å². The van der Waals surface area contributed by atoms with Gasteiger partial charge in [-0.15, -0.1) is 11.3 Å². The molecule has 0 spiro atoms. The van der Waals surface area contributed by atoms with Crippen LogP contribution in [0.15, 0.2) is 22.6 Å². The molecule has 1 aliphatic rings. The maximum atomic E-state index is 11.6. The minimum atomic E-state index is -0.0893. The number of hydrogen-bond donors (Lipinski definition) is 0. The van der Waals surface area contributed by atoms with Crippen molar-refractivity contribution in [2.24, 2.45) is 11.8 Å². The molecule has 0 saturated heterocycles. The molecule has 0 unspecified atom stereocenters. The average molecular weight is 262 g/mol. The third kappa shape index (κ3) is 2.21. The Morgan fingerprint density at radius 3 is 2.94 bits per heavy atom. The van der Waals surface area contributed by atoms with Gasteiger partial charge in [-0.25, -0.2) is 0 Å². The van der Waals surface area contributed by atoms with Crippen molar-refractivity contribution in [3.8, 4) is 0 Å². The fraction of sp³-hybridized carbons (Fsp3) is 0.571. The highest BCUT2D eigenvalue weighted by Gasteiger charge is 2.19. The van der Waals surface area contributed by atoms with Crippen molar-refractivity contribution >= 4 is 21.6 Å². The van der Waals surface area contributed by atoms with Gasteiger partial charge in [0.15, 0.2) is 0 Å². The van der Waals surface area contributed by atoms with E-state index in [4.69, 9.17) is 0 Å². The van der Waals surface area contributed by atoms with Crippen LogP contribution in [-0.2, 0) is 6.54 Å². The third-order valence-electron chi connectivity index (χ3n) is 4.05. The molecule has 1 fully saturated rings. The highest BCUT2D eigenvalue weighted by Crippen LogP contribution is 2.30. The summed E-state index contributed by atoms with van der Waals surface area (Å²) in [5.74, 6) is 1.63. The standard InChI is InChI=1S/C14H18N2OS/c1-10-2-4-11(5-3-10)8-16-9-15-14(17)13-12(16)6-7-18-13/h6-7,9-11H,2-5,8H2,1H3. The molecule has 1 aliphatic carbocycles. The molecule has 0 N–H and O–H groups in total. The van der Waals surface area contributed by atoms with E-state index in [-0.39, 0.29) is 5.56 Å². The molecule has 0 aromatic carbocycles. The first-order valence-electron chi connectivity index (χ1n) is 6.66. The number of fused-ring (bicyclic) bond motifs is 1. The largest absolute Gasteiger partial charge is 0.331 e. The van der Waals surface area contributed by atoms with Crippen LogP contribution in [0.2, 0.25) is 0 Å². The first-order valence-corrected chi connectivity index (χ1v) is 7.54. The SMILES string of the molecule is CC1CCC(Cn2cnc(=O)c3sccc32)CC1. The Labute approximate surface area is 110 Å². The number of hydrogen-bond acceptors (Lipinski definition) is 3. The van der Waals surface area contributed by atoms with Crippen LogP contribution in [0, 0.1) is 11.8 Å². The van der Waals surface area contributed by atoms with E-state index in [1.807, 2.05) is 11.4 Å². The summed E-state index contributed by atoms with van der Waals surface area (Å²) in [6.45, 7) is 3.35. The maximum Gasteiger partial charge on any atom is 0.290 e. The summed E-state index contributed by atoms with van der Waals surface area (Å²) in [6.07, 6.45) is 7.00. The lowest BCUT2D eigenvalue weighted by atomic mass is 9.83. The third-order valence-corrected chi connectivity index (χ3v) is 4.94. The number of nitrogens with zero attached hydrogens (tertiary/aromatic N) is 2. The molecular weight excluding hydrogens is 244 g/mol. The zero-order valence-electron chi connectivity index (χ0n) is 10.6. The Morgan fingerprint density at radius 2 is 2.17 bits per heavy atom. The molecule has 3 nitrogen and oxygen atoms in total. The Balaban J connectivity index is 1.85. The lowest BCUT2D eigenvalue weighted by Gasteiger charge is -2.26. The topological polar surface area (TPSA) is 34.9 Å². The lowest BCUT2D eigenvalue weighted by molar-refractivity contribution is 0.266. The van der Waals surface area contributed by atoms with Gasteiger partial charge in [0.1, 0.15) is 4.70 Å². The minimum absolute atomic E-state index is 0.0893. The van der Waals surface area contributed by atoms with Crippen molar-refractivity contribution in [2.45, 2.75) is 39.2 Å². The van der Waals surface area contributed by atoms with Crippen LogP contribution in [0.3, 0.4) is 0 Å². The van der Waals surface area contributed by atoms with Crippen molar-refractivity contribution in [3.63, 3.8) is 0 Å². The van der Waals surface area contributed by atoms with E-state index in [2.05, 4.69) is 16.5 Å². The first-order chi connectivity index (χ1) is 8.74. The van der Waals surface area contributed by atoms with Crippen molar-refractivity contribution in [2.75, 3.05) is 0 Å². The first kappa shape index (κ1) is 11.9. The molecular formula is C14H18N2OS. The van der Waals surface area contributed by atoms with Gasteiger partial charge in [0.05, 0.1) is 11.8 Å². The summed E-state index contributed by atoms with van der Waals surface area (Å²) >= 11 is 1.49. The fourth-order valence-electron chi connectivity index (χ4n) is 2.87. The number of aromatic nitrogens is 2. The summed E-state index contributed by atoms with van der Waals surface area (Å²) < 4.78 is 2.95. The van der Waals surface area contributed by atoms with E-state index in [0.717, 1.165) is 28.6 Å². The highest BCUT2D eigenvalue weighted by atomic mass is 32.1. The molecule has 0 radical (unpaired) electrons. The zero-order valence-corrected chi connectivity index (χ0v) is 11.4. The van der Waals surface area contributed by atoms with E-state index in [0.29, 0.717) is 0 Å². The van der Waals surface area contributed by atoms with Gasteiger partial charge >= 0.3 is 0 Å². The minimum Gasteiger partial charge on any atom is -0.331 e. The summed E-state index contributed by atoms with van der Waals surface area (Å²) in [7, 11) is 0. The van der Waals surface area contributed by atoms with Crippen LogP contribution < -0.4 is 5.56 Å². The molecule has 0 atom stereocenters. The van der Waals surface area contributed by atoms with E-state index in [1.165, 1.54) is 37.0 Å². The monoisotopic (exact) mass is 262 g/mol. The second-order valence-electron chi connectivity index (χ2n) is 5.46. The van der Waals surface area contributed by atoms with Crippen LogP contribution in [-0.4, -0.2) is 9.55 Å². The van der Waals surface area contributed by atoms with Gasteiger partial charge in [-0.05, 0) is 36.1 Å². The molecule has 0 aliphatic heterocycles. The van der Waals surface area contributed by atoms with Gasteiger partial charge in [-0.2, -0.15) is 4.98 Å². The molecule has 3 rings (SSSR count). The predicted molar refractivity (Wildman–Crippen MR) is 75.0 cm³/mol. The van der Waals surface area contributed by atoms with E-state index in [9.17, 15) is 4.79 Å². The smallest absolute Gasteiger partial charge is 0.290 e. The molecule has 18 heavy (non-hydrogen) atoms. The molecule has 2 aromatic rings. The molecule has 0 bridgehead atoms. The molecule has 1 saturated carbocycles. The maximum absolute atomic E-state index is 11.6. The van der Waals surface area contributed by atoms with Crippen molar-refractivity contribution in [3.05, 3.63) is 28.1 Å². The molecule has 2 heterocycles. The van der Waals surface area contributed by atoms with Crippen LogP contribution in [0.5, 0.6) is 0 Å². The average Bonchev–Trinajstić information content (AvgIpc) is 2.86. The van der Waals surface area contributed by atoms with Crippen LogP contribution in [0.1, 0.15) is 32.6 Å². The van der Waals surface area contributed by atoms with Crippen molar-refractivity contribution < 1.29 is 0 Å². The molecule has 0 amide bonds. The second-order valence-corrected chi connectivity index (χ2v) is 6.38. The molecule has 4 heteroatoms. The van der Waals surface area contributed by atoms with Gasteiger partial charge in [-0.1, -0.05) is 19.8 Å². The Kier molecular flexibility index (Phi) is 3.20. The number of thiophene rings is 1. The fourth-order valence-corrected chi connectivity index (χ4v) is 3.66. The lowest BCUT2D eigenvalue weighted by Crippen LogP contribution is -2.19. The van der Waals surface area contributed by atoms with Crippen molar-refractivity contribution in [1.29, 1.82) is 0 Å². The summed E-state index contributed by atoms with van der Waals surface area (Å²) in [4.78, 5) is 15.6. The van der Waals surface area contributed by atoms with E-state index >= 15 is 0 Å². The summed E-state index contributed by atoms with van der Waals surface area (Å²) in [5, 5.41) is 1.98. The Hall–Kier alpha value is -1.16. The Morgan fingerprint density at radius 1 is 1.39 bits per heavy atom. The van der Waals surface area contributed by atoms with Gasteiger partial charge in [0, 0.05) is 6.54 Å². The van der Waals surface area contributed by atoms with E-state index in [1.54, 1.807) is 6.33 Å².